The van der Waals surface area contributed by atoms with Crippen molar-refractivity contribution in [3.63, 3.8) is 0 Å². The van der Waals surface area contributed by atoms with Gasteiger partial charge in [0.15, 0.2) is 0 Å². The standard InChI is InChI=1S/C20H23N5O2S/c1-14-6-5-7-18-20(14)25(11-10-23(18)3)28(26,27)19-9-8-16(12-15(19)2)17-13-21-24(4)22-17/h5-9,12-13H,10-11H2,1-4H3. The number of sulfonamides is 1. The van der Waals surface area contributed by atoms with E-state index in [0.717, 1.165) is 28.2 Å². The van der Waals surface area contributed by atoms with Crippen LogP contribution in [0.5, 0.6) is 0 Å². The van der Waals surface area contributed by atoms with Crippen LogP contribution in [0, 0.1) is 13.8 Å². The van der Waals surface area contributed by atoms with E-state index in [4.69, 9.17) is 0 Å². The lowest BCUT2D eigenvalue weighted by Gasteiger charge is -2.37. The Kier molecular flexibility index (Phi) is 4.38. The van der Waals surface area contributed by atoms with Crippen molar-refractivity contribution in [2.45, 2.75) is 18.7 Å². The molecule has 0 N–H and O–H groups in total. The van der Waals surface area contributed by atoms with E-state index in [0.29, 0.717) is 23.5 Å². The maximum Gasteiger partial charge on any atom is 0.264 e. The molecule has 4 rings (SSSR count). The molecule has 0 amide bonds. The van der Waals surface area contributed by atoms with Crippen molar-refractivity contribution in [1.82, 2.24) is 15.0 Å². The van der Waals surface area contributed by atoms with Gasteiger partial charge in [0.05, 0.1) is 29.0 Å². The molecule has 0 spiro atoms. The van der Waals surface area contributed by atoms with Crippen LogP contribution in [0.25, 0.3) is 11.3 Å². The van der Waals surface area contributed by atoms with Gasteiger partial charge in [0.2, 0.25) is 0 Å². The summed E-state index contributed by atoms with van der Waals surface area (Å²) in [7, 11) is 0.0612. The molecule has 8 heteroatoms. The molecule has 0 saturated carbocycles. The summed E-state index contributed by atoms with van der Waals surface area (Å²) in [6, 6.07) is 11.2. The largest absolute Gasteiger partial charge is 0.371 e. The molecular weight excluding hydrogens is 374 g/mol. The molecular formula is C20H23N5O2S. The third-order valence-electron chi connectivity index (χ3n) is 5.15. The van der Waals surface area contributed by atoms with Gasteiger partial charge in [-0.3, -0.25) is 4.31 Å². The van der Waals surface area contributed by atoms with Crippen molar-refractivity contribution < 1.29 is 8.42 Å². The molecule has 2 heterocycles. The van der Waals surface area contributed by atoms with Gasteiger partial charge in [-0.25, -0.2) is 8.42 Å². The zero-order valence-corrected chi connectivity index (χ0v) is 17.2. The van der Waals surface area contributed by atoms with Gasteiger partial charge in [0.25, 0.3) is 10.0 Å². The van der Waals surface area contributed by atoms with E-state index in [1.54, 1.807) is 29.7 Å². The second kappa shape index (κ2) is 6.63. The van der Waals surface area contributed by atoms with Gasteiger partial charge in [-0.2, -0.15) is 15.0 Å². The zero-order valence-electron chi connectivity index (χ0n) is 16.4. The second-order valence-corrected chi connectivity index (χ2v) is 8.97. The molecule has 2 aromatic carbocycles. The molecule has 1 aliphatic rings. The third-order valence-corrected chi connectivity index (χ3v) is 7.11. The number of nitrogens with zero attached hydrogens (tertiary/aromatic N) is 5. The molecule has 0 saturated heterocycles. The van der Waals surface area contributed by atoms with Crippen LogP contribution in [0.1, 0.15) is 11.1 Å². The Morgan fingerprint density at radius 2 is 1.79 bits per heavy atom. The van der Waals surface area contributed by atoms with Crippen LogP contribution in [-0.2, 0) is 17.1 Å². The highest BCUT2D eigenvalue weighted by Crippen LogP contribution is 2.39. The number of aryl methyl sites for hydroxylation is 3. The second-order valence-electron chi connectivity index (χ2n) is 7.14. The lowest BCUT2D eigenvalue weighted by atomic mass is 10.1. The van der Waals surface area contributed by atoms with Gasteiger partial charge in [-0.05, 0) is 43.2 Å². The van der Waals surface area contributed by atoms with Crippen LogP contribution in [-0.4, -0.2) is 43.5 Å². The molecule has 28 heavy (non-hydrogen) atoms. The third kappa shape index (κ3) is 2.93. The van der Waals surface area contributed by atoms with Gasteiger partial charge in [0.1, 0.15) is 5.69 Å². The SMILES string of the molecule is Cc1cc(-c2cnn(C)n2)ccc1S(=O)(=O)N1CCN(C)c2cccc(C)c21. The monoisotopic (exact) mass is 397 g/mol. The number of rotatable bonds is 3. The highest BCUT2D eigenvalue weighted by molar-refractivity contribution is 7.93. The van der Waals surface area contributed by atoms with E-state index >= 15 is 0 Å². The minimum absolute atomic E-state index is 0.318. The number of fused-ring (bicyclic) bond motifs is 1. The van der Waals surface area contributed by atoms with Gasteiger partial charge in [0, 0.05) is 26.2 Å². The number of anilines is 2. The number of hydrogen-bond donors (Lipinski definition) is 0. The summed E-state index contributed by atoms with van der Waals surface area (Å²) in [5.74, 6) is 0. The zero-order chi connectivity index (χ0) is 20.1. The first kappa shape index (κ1) is 18.5. The van der Waals surface area contributed by atoms with Crippen LogP contribution < -0.4 is 9.21 Å². The Morgan fingerprint density at radius 3 is 2.46 bits per heavy atom. The maximum atomic E-state index is 13.6. The molecule has 1 aromatic heterocycles. The topological polar surface area (TPSA) is 71.3 Å². The Balaban J connectivity index is 1.79. The van der Waals surface area contributed by atoms with E-state index in [9.17, 15) is 8.42 Å². The van der Waals surface area contributed by atoms with Gasteiger partial charge < -0.3 is 4.90 Å². The van der Waals surface area contributed by atoms with Crippen LogP contribution in [0.4, 0.5) is 11.4 Å². The van der Waals surface area contributed by atoms with Crippen LogP contribution in [0.2, 0.25) is 0 Å². The Morgan fingerprint density at radius 1 is 1.00 bits per heavy atom. The van der Waals surface area contributed by atoms with Crippen molar-refractivity contribution in [2.75, 3.05) is 29.3 Å². The first-order chi connectivity index (χ1) is 13.3. The summed E-state index contributed by atoms with van der Waals surface area (Å²) in [5.41, 5.74) is 4.89. The highest BCUT2D eigenvalue weighted by Gasteiger charge is 2.33. The fourth-order valence-electron chi connectivity index (χ4n) is 3.68. The van der Waals surface area contributed by atoms with Gasteiger partial charge >= 0.3 is 0 Å². The Labute approximate surface area is 165 Å². The minimum atomic E-state index is -3.68. The normalized spacial score (nSPS) is 14.3. The number of benzene rings is 2. The van der Waals surface area contributed by atoms with Crippen LogP contribution in [0.15, 0.2) is 47.5 Å². The van der Waals surface area contributed by atoms with Crippen LogP contribution >= 0.6 is 0 Å². The number of hydrogen-bond acceptors (Lipinski definition) is 5. The number of para-hydroxylation sites is 1. The molecule has 0 unspecified atom stereocenters. The Bertz CT molecular complexity index is 1150. The molecule has 0 fully saturated rings. The fourth-order valence-corrected chi connectivity index (χ4v) is 5.43. The van der Waals surface area contributed by atoms with Crippen molar-refractivity contribution in [3.05, 3.63) is 53.7 Å². The first-order valence-electron chi connectivity index (χ1n) is 9.10. The molecule has 0 bridgehead atoms. The van der Waals surface area contributed by atoms with E-state index in [1.807, 2.05) is 45.2 Å². The molecule has 0 atom stereocenters. The summed E-state index contributed by atoms with van der Waals surface area (Å²) in [6.45, 7) is 4.83. The van der Waals surface area contributed by atoms with Crippen LogP contribution in [0.3, 0.4) is 0 Å². The van der Waals surface area contributed by atoms with Gasteiger partial charge in [-0.1, -0.05) is 18.2 Å². The van der Waals surface area contributed by atoms with Crippen molar-refractivity contribution in [3.8, 4) is 11.3 Å². The average molecular weight is 398 g/mol. The number of aromatic nitrogens is 3. The maximum absolute atomic E-state index is 13.6. The lowest BCUT2D eigenvalue weighted by Crippen LogP contribution is -2.43. The minimum Gasteiger partial charge on any atom is -0.371 e. The van der Waals surface area contributed by atoms with Crippen molar-refractivity contribution in [1.29, 1.82) is 0 Å². The fraction of sp³-hybridized carbons (Fsp3) is 0.300. The Hall–Kier alpha value is -2.87. The van der Waals surface area contributed by atoms with E-state index in [1.165, 1.54) is 4.80 Å². The lowest BCUT2D eigenvalue weighted by molar-refractivity contribution is 0.588. The molecule has 146 valence electrons. The molecule has 0 aliphatic carbocycles. The molecule has 7 nitrogen and oxygen atoms in total. The summed E-state index contributed by atoms with van der Waals surface area (Å²) >= 11 is 0. The quantitative estimate of drug-likeness (QED) is 0.680. The van der Waals surface area contributed by atoms with E-state index < -0.39 is 10.0 Å². The summed E-state index contributed by atoms with van der Waals surface area (Å²) in [6.07, 6.45) is 1.67. The molecule has 3 aromatic rings. The van der Waals surface area contributed by atoms with E-state index in [2.05, 4.69) is 15.1 Å². The van der Waals surface area contributed by atoms with E-state index in [-0.39, 0.29) is 0 Å². The highest BCUT2D eigenvalue weighted by atomic mass is 32.2. The smallest absolute Gasteiger partial charge is 0.264 e. The van der Waals surface area contributed by atoms with Gasteiger partial charge in [-0.15, -0.1) is 0 Å². The van der Waals surface area contributed by atoms with Crippen molar-refractivity contribution in [2.24, 2.45) is 7.05 Å². The molecule has 0 radical (unpaired) electrons. The summed E-state index contributed by atoms with van der Waals surface area (Å²) in [4.78, 5) is 3.90. The number of likely N-dealkylation sites (N-methyl/N-ethyl adjacent to an activating group) is 1. The summed E-state index contributed by atoms with van der Waals surface area (Å²) < 4.78 is 28.7. The summed E-state index contributed by atoms with van der Waals surface area (Å²) in [5, 5.41) is 8.38. The van der Waals surface area contributed by atoms with Crippen molar-refractivity contribution >= 4 is 21.4 Å². The first-order valence-corrected chi connectivity index (χ1v) is 10.5. The predicted molar refractivity (Wildman–Crippen MR) is 110 cm³/mol. The average Bonchev–Trinajstić information content (AvgIpc) is 3.08. The molecule has 1 aliphatic heterocycles. The predicted octanol–water partition coefficient (Wildman–Crippen LogP) is 2.74.